The van der Waals surface area contributed by atoms with Crippen molar-refractivity contribution >= 4 is 23.6 Å². The van der Waals surface area contributed by atoms with E-state index in [-0.39, 0.29) is 12.3 Å². The number of carbonyl (C=O) groups excluding carboxylic acids is 2. The molecule has 0 unspecified atom stereocenters. The normalized spacial score (nSPS) is 25.9. The van der Waals surface area contributed by atoms with E-state index in [1.165, 1.54) is 11.8 Å². The lowest BCUT2D eigenvalue weighted by Gasteiger charge is -2.40. The maximum absolute atomic E-state index is 12.3. The highest BCUT2D eigenvalue weighted by atomic mass is 32.2. The standard InChI is InChI=1S/C30H40N2O7S/c1-18-7-10-20(27-25(35)24(34)26(36)28(39-27)40-2)17-21(18)16-19-8-11-22(12-9-19)38-15-5-6-23(33)32-30(29(31)37)13-3-4-14-30/h7-12,17,24-28,34-36H,3-6,13-16H2,1-2H3,(H2,31,37)(H,32,33)/t24-,25-,26+,27+,28-/m1/s1. The monoisotopic (exact) mass is 572 g/mol. The third kappa shape index (κ3) is 6.98. The predicted molar refractivity (Wildman–Crippen MR) is 153 cm³/mol. The van der Waals surface area contributed by atoms with E-state index in [0.717, 1.165) is 35.1 Å². The Morgan fingerprint density at radius 1 is 1.07 bits per heavy atom. The van der Waals surface area contributed by atoms with Crippen LogP contribution in [0.15, 0.2) is 42.5 Å². The first-order valence-corrected chi connectivity index (χ1v) is 15.1. The number of carbonyl (C=O) groups is 2. The van der Waals surface area contributed by atoms with Crippen molar-refractivity contribution in [3.63, 3.8) is 0 Å². The highest BCUT2D eigenvalue weighted by Crippen LogP contribution is 2.36. The van der Waals surface area contributed by atoms with Crippen molar-refractivity contribution < 1.29 is 34.4 Å². The van der Waals surface area contributed by atoms with Crippen molar-refractivity contribution in [1.29, 1.82) is 0 Å². The van der Waals surface area contributed by atoms with Crippen LogP contribution in [0.1, 0.15) is 66.9 Å². The van der Waals surface area contributed by atoms with Crippen LogP contribution in [0.3, 0.4) is 0 Å². The number of hydrogen-bond acceptors (Lipinski definition) is 8. The van der Waals surface area contributed by atoms with Gasteiger partial charge in [-0.25, -0.2) is 0 Å². The molecular weight excluding hydrogens is 532 g/mol. The van der Waals surface area contributed by atoms with E-state index in [4.69, 9.17) is 15.2 Å². The van der Waals surface area contributed by atoms with Gasteiger partial charge in [0.25, 0.3) is 0 Å². The quantitative estimate of drug-likeness (QED) is 0.258. The Balaban J connectivity index is 1.29. The van der Waals surface area contributed by atoms with Crippen LogP contribution in [-0.4, -0.2) is 69.3 Å². The van der Waals surface area contributed by atoms with Gasteiger partial charge in [0.2, 0.25) is 11.8 Å². The lowest BCUT2D eigenvalue weighted by molar-refractivity contribution is -0.200. The van der Waals surface area contributed by atoms with Crippen LogP contribution >= 0.6 is 11.8 Å². The van der Waals surface area contributed by atoms with Gasteiger partial charge in [0.1, 0.15) is 41.1 Å². The van der Waals surface area contributed by atoms with Crippen molar-refractivity contribution in [1.82, 2.24) is 5.32 Å². The van der Waals surface area contributed by atoms with E-state index in [1.807, 2.05) is 49.4 Å². The summed E-state index contributed by atoms with van der Waals surface area (Å²) in [5.41, 5.74) is 7.98. The SMILES string of the molecule is CS[C@H]1O[C@@H](c2ccc(C)c(Cc3ccc(OCCCC(=O)NC4(C(N)=O)CCCC4)cc3)c2)[C@H](O)[C@@H](O)[C@@H]1O. The van der Waals surface area contributed by atoms with Crippen molar-refractivity contribution in [2.75, 3.05) is 12.9 Å². The second kappa shape index (κ2) is 13.4. The average molecular weight is 573 g/mol. The molecule has 2 amide bonds. The number of benzene rings is 2. The zero-order valence-corrected chi connectivity index (χ0v) is 23.9. The maximum atomic E-state index is 12.3. The number of nitrogens with two attached hydrogens (primary N) is 1. The Hall–Kier alpha value is -2.63. The van der Waals surface area contributed by atoms with Gasteiger partial charge in [0.05, 0.1) is 6.61 Å². The van der Waals surface area contributed by atoms with E-state index in [0.29, 0.717) is 38.0 Å². The minimum atomic E-state index is -1.29. The van der Waals surface area contributed by atoms with Gasteiger partial charge in [0, 0.05) is 6.42 Å². The smallest absolute Gasteiger partial charge is 0.243 e. The van der Waals surface area contributed by atoms with E-state index >= 15 is 0 Å². The average Bonchev–Trinajstić information content (AvgIpc) is 3.42. The van der Waals surface area contributed by atoms with E-state index in [9.17, 15) is 24.9 Å². The van der Waals surface area contributed by atoms with Gasteiger partial charge in [-0.1, -0.05) is 43.2 Å². The zero-order chi connectivity index (χ0) is 28.9. The third-order valence-corrected chi connectivity index (χ3v) is 8.80. The molecule has 2 aliphatic rings. The summed E-state index contributed by atoms with van der Waals surface area (Å²) in [4.78, 5) is 24.2. The van der Waals surface area contributed by atoms with E-state index in [1.54, 1.807) is 6.26 Å². The summed E-state index contributed by atoms with van der Waals surface area (Å²) in [6, 6.07) is 13.6. The highest BCUT2D eigenvalue weighted by Gasteiger charge is 2.44. The Labute approximate surface area is 239 Å². The molecule has 0 radical (unpaired) electrons. The molecule has 40 heavy (non-hydrogen) atoms. The summed E-state index contributed by atoms with van der Waals surface area (Å²) in [6.45, 7) is 2.39. The topological polar surface area (TPSA) is 151 Å². The number of aliphatic hydroxyl groups is 3. The Morgan fingerprint density at radius 3 is 2.42 bits per heavy atom. The number of primary amides is 1. The van der Waals surface area contributed by atoms with Crippen molar-refractivity contribution in [3.05, 3.63) is 64.7 Å². The molecule has 10 heteroatoms. The first-order chi connectivity index (χ1) is 19.1. The van der Waals surface area contributed by atoms with Crippen LogP contribution in [0.4, 0.5) is 0 Å². The number of aliphatic hydroxyl groups excluding tert-OH is 3. The molecule has 1 heterocycles. The molecule has 2 aromatic carbocycles. The molecule has 0 bridgehead atoms. The van der Waals surface area contributed by atoms with E-state index < -0.39 is 41.3 Å². The van der Waals surface area contributed by atoms with Gasteiger partial charge in [-0.05, 0) is 73.2 Å². The van der Waals surface area contributed by atoms with Crippen LogP contribution in [-0.2, 0) is 20.7 Å². The molecule has 1 aliphatic carbocycles. The number of aryl methyl sites for hydroxylation is 1. The zero-order valence-electron chi connectivity index (χ0n) is 23.0. The van der Waals surface area contributed by atoms with Crippen LogP contribution in [0.25, 0.3) is 0 Å². The molecule has 5 atom stereocenters. The lowest BCUT2D eigenvalue weighted by atomic mass is 9.91. The molecule has 2 fully saturated rings. The summed E-state index contributed by atoms with van der Waals surface area (Å²) in [7, 11) is 0. The van der Waals surface area contributed by atoms with Crippen LogP contribution in [0.2, 0.25) is 0 Å². The minimum absolute atomic E-state index is 0.182. The molecule has 1 saturated carbocycles. The van der Waals surface area contributed by atoms with E-state index in [2.05, 4.69) is 5.32 Å². The van der Waals surface area contributed by atoms with Crippen molar-refractivity contribution in [2.45, 2.75) is 87.3 Å². The van der Waals surface area contributed by atoms with Gasteiger partial charge in [0.15, 0.2) is 0 Å². The van der Waals surface area contributed by atoms with Crippen LogP contribution in [0, 0.1) is 6.92 Å². The van der Waals surface area contributed by atoms with Gasteiger partial charge in [-0.3, -0.25) is 9.59 Å². The molecular formula is C30H40N2O7S. The predicted octanol–water partition coefficient (Wildman–Crippen LogP) is 2.50. The fourth-order valence-electron chi connectivity index (χ4n) is 5.46. The van der Waals surface area contributed by atoms with Crippen LogP contribution < -0.4 is 15.8 Å². The fourth-order valence-corrected chi connectivity index (χ4v) is 6.13. The maximum Gasteiger partial charge on any atom is 0.243 e. The second-order valence-electron chi connectivity index (χ2n) is 10.8. The molecule has 6 N–H and O–H groups in total. The van der Waals surface area contributed by atoms with Crippen molar-refractivity contribution in [3.8, 4) is 5.75 Å². The fraction of sp³-hybridized carbons (Fsp3) is 0.533. The van der Waals surface area contributed by atoms with Gasteiger partial charge >= 0.3 is 0 Å². The van der Waals surface area contributed by atoms with Gasteiger partial charge < -0.3 is 35.8 Å². The second-order valence-corrected chi connectivity index (χ2v) is 11.7. The number of thioether (sulfide) groups is 1. The Morgan fingerprint density at radius 2 is 1.77 bits per heavy atom. The third-order valence-electron chi connectivity index (χ3n) is 7.95. The number of amides is 2. The number of hydrogen-bond donors (Lipinski definition) is 5. The summed E-state index contributed by atoms with van der Waals surface area (Å²) in [5, 5.41) is 33.9. The van der Waals surface area contributed by atoms with Crippen molar-refractivity contribution in [2.24, 2.45) is 5.73 Å². The molecule has 0 spiro atoms. The van der Waals surface area contributed by atoms with Crippen LogP contribution in [0.5, 0.6) is 5.75 Å². The summed E-state index contributed by atoms with van der Waals surface area (Å²) in [5.74, 6) is 0.0610. The summed E-state index contributed by atoms with van der Waals surface area (Å²) < 4.78 is 11.7. The molecule has 4 rings (SSSR count). The number of nitrogens with one attached hydrogen (secondary N) is 1. The van der Waals surface area contributed by atoms with Gasteiger partial charge in [-0.2, -0.15) is 0 Å². The number of ether oxygens (including phenoxy) is 2. The minimum Gasteiger partial charge on any atom is -0.494 e. The first kappa shape index (κ1) is 30.3. The molecule has 0 aromatic heterocycles. The highest BCUT2D eigenvalue weighted by molar-refractivity contribution is 7.99. The lowest BCUT2D eigenvalue weighted by Crippen LogP contribution is -2.55. The molecule has 1 saturated heterocycles. The first-order valence-electron chi connectivity index (χ1n) is 13.8. The molecule has 1 aliphatic heterocycles. The largest absolute Gasteiger partial charge is 0.494 e. The molecule has 9 nitrogen and oxygen atoms in total. The summed E-state index contributed by atoms with van der Waals surface area (Å²) in [6.07, 6.45) is 1.78. The van der Waals surface area contributed by atoms with Gasteiger partial charge in [-0.15, -0.1) is 11.8 Å². The summed E-state index contributed by atoms with van der Waals surface area (Å²) >= 11 is 1.29. The Kier molecular flexibility index (Phi) is 10.1. The molecule has 218 valence electrons. The molecule has 2 aromatic rings. The Bertz CT molecular complexity index is 1170. The number of rotatable bonds is 11.